The number of tetrazole rings is 1. The molecule has 2 aromatic rings. The molecular formula is C11H15N5. The van der Waals surface area contributed by atoms with Crippen LogP contribution in [0.15, 0.2) is 24.3 Å². The van der Waals surface area contributed by atoms with Crippen molar-refractivity contribution in [1.82, 2.24) is 25.5 Å². The average molecular weight is 217 g/mol. The first-order valence-corrected chi connectivity index (χ1v) is 5.36. The molecule has 0 spiro atoms. The Kier molecular flexibility index (Phi) is 3.26. The van der Waals surface area contributed by atoms with Gasteiger partial charge in [-0.15, -0.1) is 5.10 Å². The van der Waals surface area contributed by atoms with Crippen molar-refractivity contribution in [2.24, 2.45) is 0 Å². The highest BCUT2D eigenvalue weighted by atomic mass is 15.5. The minimum Gasteiger partial charge on any atom is -0.313 e. The van der Waals surface area contributed by atoms with Crippen molar-refractivity contribution in [3.63, 3.8) is 0 Å². The van der Waals surface area contributed by atoms with Crippen LogP contribution in [0, 0.1) is 0 Å². The number of hydrogen-bond acceptors (Lipinski definition) is 4. The van der Waals surface area contributed by atoms with Gasteiger partial charge in [0.05, 0.1) is 12.2 Å². The van der Waals surface area contributed by atoms with Gasteiger partial charge in [0, 0.05) is 0 Å². The third kappa shape index (κ3) is 2.09. The first-order valence-electron chi connectivity index (χ1n) is 5.36. The highest BCUT2D eigenvalue weighted by Crippen LogP contribution is 2.10. The van der Waals surface area contributed by atoms with Gasteiger partial charge in [-0.3, -0.25) is 0 Å². The lowest BCUT2D eigenvalue weighted by Gasteiger charge is -2.04. The summed E-state index contributed by atoms with van der Waals surface area (Å²) in [5.74, 6) is 0.812. The van der Waals surface area contributed by atoms with Crippen molar-refractivity contribution in [3.05, 3.63) is 35.7 Å². The van der Waals surface area contributed by atoms with E-state index in [4.69, 9.17) is 0 Å². The molecule has 0 amide bonds. The molecule has 0 bridgehead atoms. The molecule has 1 N–H and O–H groups in total. The van der Waals surface area contributed by atoms with Crippen molar-refractivity contribution in [2.45, 2.75) is 19.9 Å². The Balaban J connectivity index is 2.31. The molecule has 5 heteroatoms. The Bertz CT molecular complexity index is 446. The molecule has 0 radical (unpaired) electrons. The molecule has 0 aliphatic rings. The Hall–Kier alpha value is -1.75. The van der Waals surface area contributed by atoms with Gasteiger partial charge < -0.3 is 5.32 Å². The number of aryl methyl sites for hydroxylation is 1. The largest absolute Gasteiger partial charge is 0.313 e. The predicted octanol–water partition coefficient (Wildman–Crippen LogP) is 0.944. The van der Waals surface area contributed by atoms with Crippen LogP contribution < -0.4 is 5.32 Å². The molecule has 2 rings (SSSR count). The lowest BCUT2D eigenvalue weighted by atomic mass is 10.1. The fraction of sp³-hybridized carbons (Fsp3) is 0.364. The molecule has 16 heavy (non-hydrogen) atoms. The molecule has 84 valence electrons. The number of aromatic nitrogens is 4. The number of nitrogens with one attached hydrogen (secondary N) is 1. The Labute approximate surface area is 94.5 Å². The molecule has 5 nitrogen and oxygen atoms in total. The highest BCUT2D eigenvalue weighted by Gasteiger charge is 2.06. The number of benzene rings is 1. The molecule has 0 atom stereocenters. The standard InChI is InChI=1S/C11H15N5/c1-3-9-4-6-10(7-5-9)16-11(8-12-2)13-14-15-16/h4-7,12H,3,8H2,1-2H3. The maximum absolute atomic E-state index is 3.98. The SMILES string of the molecule is CCc1ccc(-n2nnnc2CNC)cc1. The van der Waals surface area contributed by atoms with Gasteiger partial charge in [-0.2, -0.15) is 4.68 Å². The van der Waals surface area contributed by atoms with Gasteiger partial charge >= 0.3 is 0 Å². The number of hydrogen-bond donors (Lipinski definition) is 1. The van der Waals surface area contributed by atoms with Gasteiger partial charge in [-0.1, -0.05) is 19.1 Å². The van der Waals surface area contributed by atoms with E-state index in [-0.39, 0.29) is 0 Å². The average Bonchev–Trinajstić information content (AvgIpc) is 2.78. The summed E-state index contributed by atoms with van der Waals surface area (Å²) in [7, 11) is 1.87. The zero-order valence-electron chi connectivity index (χ0n) is 9.51. The fourth-order valence-electron chi connectivity index (χ4n) is 1.55. The maximum atomic E-state index is 3.98. The van der Waals surface area contributed by atoms with Gasteiger partial charge in [0.15, 0.2) is 5.82 Å². The molecule has 1 aromatic carbocycles. The van der Waals surface area contributed by atoms with Crippen molar-refractivity contribution in [2.75, 3.05) is 7.05 Å². The maximum Gasteiger partial charge on any atom is 0.170 e. The van der Waals surface area contributed by atoms with E-state index in [0.717, 1.165) is 17.9 Å². The van der Waals surface area contributed by atoms with E-state index in [0.29, 0.717) is 6.54 Å². The van der Waals surface area contributed by atoms with Gasteiger partial charge in [-0.25, -0.2) is 0 Å². The van der Waals surface area contributed by atoms with Crippen LogP contribution in [-0.4, -0.2) is 27.3 Å². The van der Waals surface area contributed by atoms with Crippen molar-refractivity contribution in [1.29, 1.82) is 0 Å². The van der Waals surface area contributed by atoms with Crippen LogP contribution in [0.5, 0.6) is 0 Å². The van der Waals surface area contributed by atoms with E-state index in [1.165, 1.54) is 5.56 Å². The normalized spacial score (nSPS) is 10.6. The second kappa shape index (κ2) is 4.85. The summed E-state index contributed by atoms with van der Waals surface area (Å²) in [5, 5.41) is 14.7. The third-order valence-electron chi connectivity index (χ3n) is 2.46. The second-order valence-electron chi connectivity index (χ2n) is 3.56. The first-order chi connectivity index (χ1) is 7.85. The predicted molar refractivity (Wildman–Crippen MR) is 61.3 cm³/mol. The summed E-state index contributed by atoms with van der Waals surface area (Å²) in [6, 6.07) is 8.27. The lowest BCUT2D eigenvalue weighted by molar-refractivity contribution is 0.708. The van der Waals surface area contributed by atoms with Crippen LogP contribution in [0.1, 0.15) is 18.3 Å². The van der Waals surface area contributed by atoms with Gasteiger partial charge in [0.25, 0.3) is 0 Å². The topological polar surface area (TPSA) is 55.6 Å². The van der Waals surface area contributed by atoms with E-state index in [9.17, 15) is 0 Å². The molecule has 0 aliphatic heterocycles. The van der Waals surface area contributed by atoms with E-state index in [1.807, 2.05) is 19.2 Å². The monoisotopic (exact) mass is 217 g/mol. The van der Waals surface area contributed by atoms with Crippen LogP contribution in [0.25, 0.3) is 5.69 Å². The molecule has 0 fully saturated rings. The van der Waals surface area contributed by atoms with E-state index < -0.39 is 0 Å². The lowest BCUT2D eigenvalue weighted by Crippen LogP contribution is -2.12. The van der Waals surface area contributed by atoms with Gasteiger partial charge in [-0.05, 0) is 41.6 Å². The summed E-state index contributed by atoms with van der Waals surface area (Å²) < 4.78 is 1.75. The van der Waals surface area contributed by atoms with Crippen LogP contribution in [0.3, 0.4) is 0 Å². The Morgan fingerprint density at radius 2 is 2.00 bits per heavy atom. The zero-order valence-corrected chi connectivity index (χ0v) is 9.51. The summed E-state index contributed by atoms with van der Waals surface area (Å²) in [5.41, 5.74) is 2.31. The van der Waals surface area contributed by atoms with E-state index in [1.54, 1.807) is 4.68 Å². The molecular weight excluding hydrogens is 202 g/mol. The molecule has 0 aliphatic carbocycles. The van der Waals surface area contributed by atoms with E-state index in [2.05, 4.69) is 39.9 Å². The Morgan fingerprint density at radius 3 is 2.62 bits per heavy atom. The molecule has 0 unspecified atom stereocenters. The summed E-state index contributed by atoms with van der Waals surface area (Å²) >= 11 is 0. The van der Waals surface area contributed by atoms with Crippen LogP contribution >= 0.6 is 0 Å². The highest BCUT2D eigenvalue weighted by molar-refractivity contribution is 5.34. The van der Waals surface area contributed by atoms with Crippen molar-refractivity contribution in [3.8, 4) is 5.69 Å². The Morgan fingerprint density at radius 1 is 1.25 bits per heavy atom. The second-order valence-corrected chi connectivity index (χ2v) is 3.56. The quantitative estimate of drug-likeness (QED) is 0.828. The summed E-state index contributed by atoms with van der Waals surface area (Å²) in [6.45, 7) is 2.79. The minimum absolute atomic E-state index is 0.655. The van der Waals surface area contributed by atoms with Crippen LogP contribution in [0.4, 0.5) is 0 Å². The van der Waals surface area contributed by atoms with Gasteiger partial charge in [0.1, 0.15) is 0 Å². The summed E-state index contributed by atoms with van der Waals surface area (Å²) in [4.78, 5) is 0. The van der Waals surface area contributed by atoms with Crippen LogP contribution in [0.2, 0.25) is 0 Å². The van der Waals surface area contributed by atoms with Crippen LogP contribution in [-0.2, 0) is 13.0 Å². The molecule has 0 saturated carbocycles. The van der Waals surface area contributed by atoms with E-state index >= 15 is 0 Å². The molecule has 1 heterocycles. The summed E-state index contributed by atoms with van der Waals surface area (Å²) in [6.07, 6.45) is 1.04. The number of rotatable bonds is 4. The van der Waals surface area contributed by atoms with Crippen molar-refractivity contribution < 1.29 is 0 Å². The third-order valence-corrected chi connectivity index (χ3v) is 2.46. The number of nitrogens with zero attached hydrogens (tertiary/aromatic N) is 4. The first kappa shape index (κ1) is 10.8. The fourth-order valence-corrected chi connectivity index (χ4v) is 1.55. The van der Waals surface area contributed by atoms with Gasteiger partial charge in [0.2, 0.25) is 0 Å². The molecule has 1 aromatic heterocycles. The minimum atomic E-state index is 0.655. The molecule has 0 saturated heterocycles. The van der Waals surface area contributed by atoms with Crippen molar-refractivity contribution >= 4 is 0 Å². The zero-order chi connectivity index (χ0) is 11.4. The smallest absolute Gasteiger partial charge is 0.170 e.